The summed E-state index contributed by atoms with van der Waals surface area (Å²) in [6.07, 6.45) is 2.68. The number of halogens is 1. The number of thiazole rings is 1. The average molecular weight is 395 g/mol. The predicted molar refractivity (Wildman–Crippen MR) is 111 cm³/mol. The quantitative estimate of drug-likeness (QED) is 0.778. The maximum atomic E-state index is 11.7. The van der Waals surface area contributed by atoms with Crippen molar-refractivity contribution < 1.29 is 4.79 Å². The van der Waals surface area contributed by atoms with Gasteiger partial charge in [-0.25, -0.2) is 4.98 Å². The highest BCUT2D eigenvalue weighted by atomic mass is 35.5. The SMILES string of the molecule is CCCCC(=O)NCCN1CCN(c2nc3c(C)c(Cl)ccc3s2)CC1. The molecular formula is C19H27ClN4OS. The average Bonchev–Trinajstić information content (AvgIpc) is 3.09. The Labute approximate surface area is 164 Å². The van der Waals surface area contributed by atoms with E-state index in [0.29, 0.717) is 6.42 Å². The Morgan fingerprint density at radius 1 is 1.31 bits per heavy atom. The van der Waals surface area contributed by atoms with E-state index in [-0.39, 0.29) is 5.91 Å². The number of aryl methyl sites for hydroxylation is 1. The number of amides is 1. The summed E-state index contributed by atoms with van der Waals surface area (Å²) in [5, 5.41) is 4.88. The first-order valence-corrected chi connectivity index (χ1v) is 10.6. The Hall–Kier alpha value is -1.37. The molecule has 0 unspecified atom stereocenters. The molecule has 0 spiro atoms. The summed E-state index contributed by atoms with van der Waals surface area (Å²) >= 11 is 7.95. The number of hydrogen-bond donors (Lipinski definition) is 1. The lowest BCUT2D eigenvalue weighted by Crippen LogP contribution is -2.48. The third-order valence-corrected chi connectivity index (χ3v) is 6.38. The summed E-state index contributed by atoms with van der Waals surface area (Å²) < 4.78 is 1.19. The van der Waals surface area contributed by atoms with Gasteiger partial charge in [0.15, 0.2) is 5.13 Å². The minimum atomic E-state index is 0.175. The normalized spacial score (nSPS) is 15.6. The van der Waals surface area contributed by atoms with Crippen LogP contribution >= 0.6 is 22.9 Å². The highest BCUT2D eigenvalue weighted by Gasteiger charge is 2.20. The number of aromatic nitrogens is 1. The van der Waals surface area contributed by atoms with Crippen molar-refractivity contribution in [3.05, 3.63) is 22.7 Å². The van der Waals surface area contributed by atoms with Crippen LogP contribution in [0.1, 0.15) is 31.7 Å². The van der Waals surface area contributed by atoms with E-state index in [2.05, 4.69) is 28.1 Å². The Bertz CT molecular complexity index is 755. The third-order valence-electron chi connectivity index (χ3n) is 4.89. The molecule has 0 saturated carbocycles. The number of fused-ring (bicyclic) bond motifs is 1. The van der Waals surface area contributed by atoms with Gasteiger partial charge in [0, 0.05) is 50.7 Å². The molecule has 1 amide bonds. The van der Waals surface area contributed by atoms with Gasteiger partial charge in [-0.05, 0) is 31.0 Å². The Morgan fingerprint density at radius 2 is 2.08 bits per heavy atom. The van der Waals surface area contributed by atoms with Crippen LogP contribution in [0.4, 0.5) is 5.13 Å². The standard InChI is InChI=1S/C19H27ClN4OS/c1-3-4-5-17(25)21-8-9-23-10-12-24(13-11-23)19-22-18-14(2)15(20)6-7-16(18)26-19/h6-7H,3-5,8-13H2,1-2H3,(H,21,25). The van der Waals surface area contributed by atoms with Crippen LogP contribution < -0.4 is 10.2 Å². The Morgan fingerprint density at radius 3 is 2.81 bits per heavy atom. The summed E-state index contributed by atoms with van der Waals surface area (Å²) in [5.41, 5.74) is 2.08. The fraction of sp³-hybridized carbons (Fsp3) is 0.579. The van der Waals surface area contributed by atoms with Crippen LogP contribution in [0.5, 0.6) is 0 Å². The molecule has 3 rings (SSSR count). The second-order valence-electron chi connectivity index (χ2n) is 6.80. The molecule has 0 atom stereocenters. The summed E-state index contributed by atoms with van der Waals surface area (Å²) in [6.45, 7) is 9.73. The van der Waals surface area contributed by atoms with Crippen molar-refractivity contribution in [3.8, 4) is 0 Å². The fourth-order valence-corrected chi connectivity index (χ4v) is 4.40. The first-order valence-electron chi connectivity index (χ1n) is 9.38. The highest BCUT2D eigenvalue weighted by molar-refractivity contribution is 7.22. The first kappa shape index (κ1) is 19.4. The van der Waals surface area contributed by atoms with Gasteiger partial charge in [-0.2, -0.15) is 0 Å². The van der Waals surface area contributed by atoms with Crippen LogP contribution in [-0.4, -0.2) is 55.1 Å². The molecule has 0 radical (unpaired) electrons. The van der Waals surface area contributed by atoms with Gasteiger partial charge in [-0.3, -0.25) is 9.69 Å². The van der Waals surface area contributed by atoms with E-state index >= 15 is 0 Å². The van der Waals surface area contributed by atoms with Crippen LogP contribution in [0.15, 0.2) is 12.1 Å². The van der Waals surface area contributed by atoms with E-state index in [1.807, 2.05) is 13.0 Å². The van der Waals surface area contributed by atoms with Crippen molar-refractivity contribution >= 4 is 44.2 Å². The molecule has 26 heavy (non-hydrogen) atoms. The molecule has 1 fully saturated rings. The monoisotopic (exact) mass is 394 g/mol. The van der Waals surface area contributed by atoms with Gasteiger partial charge < -0.3 is 10.2 Å². The highest BCUT2D eigenvalue weighted by Crippen LogP contribution is 2.33. The van der Waals surface area contributed by atoms with Gasteiger partial charge in [-0.15, -0.1) is 0 Å². The maximum Gasteiger partial charge on any atom is 0.220 e. The molecule has 1 aromatic heterocycles. The zero-order valence-electron chi connectivity index (χ0n) is 15.6. The summed E-state index contributed by atoms with van der Waals surface area (Å²) in [6, 6.07) is 4.01. The minimum Gasteiger partial charge on any atom is -0.355 e. The second kappa shape index (κ2) is 9.02. The lowest BCUT2D eigenvalue weighted by molar-refractivity contribution is -0.121. The van der Waals surface area contributed by atoms with Gasteiger partial charge in [-0.1, -0.05) is 36.3 Å². The van der Waals surface area contributed by atoms with E-state index in [4.69, 9.17) is 16.6 Å². The lowest BCUT2D eigenvalue weighted by atomic mass is 10.2. The van der Waals surface area contributed by atoms with Crippen molar-refractivity contribution in [1.82, 2.24) is 15.2 Å². The van der Waals surface area contributed by atoms with Gasteiger partial charge in [0.1, 0.15) is 0 Å². The largest absolute Gasteiger partial charge is 0.355 e. The third kappa shape index (κ3) is 4.67. The van der Waals surface area contributed by atoms with E-state index in [1.54, 1.807) is 11.3 Å². The molecule has 1 aromatic carbocycles. The van der Waals surface area contributed by atoms with Crippen LogP contribution in [0.3, 0.4) is 0 Å². The summed E-state index contributed by atoms with van der Waals surface area (Å²) in [7, 11) is 0. The smallest absolute Gasteiger partial charge is 0.220 e. The predicted octanol–water partition coefficient (Wildman–Crippen LogP) is 3.69. The van der Waals surface area contributed by atoms with Crippen LogP contribution in [-0.2, 0) is 4.79 Å². The molecule has 7 heteroatoms. The van der Waals surface area contributed by atoms with E-state index in [9.17, 15) is 4.79 Å². The number of carbonyl (C=O) groups is 1. The van der Waals surface area contributed by atoms with E-state index < -0.39 is 0 Å². The topological polar surface area (TPSA) is 48.5 Å². The Balaban J connectivity index is 1.48. The molecule has 1 saturated heterocycles. The number of hydrogen-bond acceptors (Lipinski definition) is 5. The summed E-state index contributed by atoms with van der Waals surface area (Å²) in [4.78, 5) is 21.2. The second-order valence-corrected chi connectivity index (χ2v) is 8.21. The van der Waals surface area contributed by atoms with Gasteiger partial charge in [0.2, 0.25) is 5.91 Å². The zero-order chi connectivity index (χ0) is 18.5. The van der Waals surface area contributed by atoms with Crippen molar-refractivity contribution in [2.45, 2.75) is 33.1 Å². The van der Waals surface area contributed by atoms with Gasteiger partial charge in [0.25, 0.3) is 0 Å². The lowest BCUT2D eigenvalue weighted by Gasteiger charge is -2.34. The molecule has 2 heterocycles. The number of unbranched alkanes of at least 4 members (excludes halogenated alkanes) is 1. The Kier molecular flexibility index (Phi) is 6.73. The van der Waals surface area contributed by atoms with Crippen LogP contribution in [0, 0.1) is 6.92 Å². The molecule has 5 nitrogen and oxygen atoms in total. The van der Waals surface area contributed by atoms with Crippen molar-refractivity contribution in [2.75, 3.05) is 44.2 Å². The molecule has 1 aliphatic rings. The number of nitrogens with one attached hydrogen (secondary N) is 1. The van der Waals surface area contributed by atoms with Gasteiger partial charge in [0.05, 0.1) is 10.2 Å². The number of anilines is 1. The zero-order valence-corrected chi connectivity index (χ0v) is 17.1. The number of rotatable bonds is 7. The fourth-order valence-electron chi connectivity index (χ4n) is 3.17. The van der Waals surface area contributed by atoms with Crippen molar-refractivity contribution in [1.29, 1.82) is 0 Å². The molecule has 1 N–H and O–H groups in total. The molecule has 1 aliphatic heterocycles. The van der Waals surface area contributed by atoms with Crippen molar-refractivity contribution in [3.63, 3.8) is 0 Å². The van der Waals surface area contributed by atoms with Crippen LogP contribution in [0.25, 0.3) is 10.2 Å². The molecular weight excluding hydrogens is 368 g/mol. The number of piperazine rings is 1. The van der Waals surface area contributed by atoms with E-state index in [1.165, 1.54) is 4.70 Å². The van der Waals surface area contributed by atoms with E-state index in [0.717, 1.165) is 73.3 Å². The van der Waals surface area contributed by atoms with Crippen LogP contribution in [0.2, 0.25) is 5.02 Å². The first-order chi connectivity index (χ1) is 12.6. The molecule has 2 aromatic rings. The van der Waals surface area contributed by atoms with Crippen molar-refractivity contribution in [2.24, 2.45) is 0 Å². The maximum absolute atomic E-state index is 11.7. The minimum absolute atomic E-state index is 0.175. The summed E-state index contributed by atoms with van der Waals surface area (Å²) in [5.74, 6) is 0.175. The molecule has 142 valence electrons. The molecule has 0 aliphatic carbocycles. The number of benzene rings is 1. The molecule has 0 bridgehead atoms. The van der Waals surface area contributed by atoms with Gasteiger partial charge >= 0.3 is 0 Å². The number of carbonyl (C=O) groups excluding carboxylic acids is 1. The number of nitrogens with zero attached hydrogens (tertiary/aromatic N) is 3.